The Kier molecular flexibility index (Phi) is 4.21. The van der Waals surface area contributed by atoms with Gasteiger partial charge in [-0.15, -0.1) is 11.3 Å². The molecule has 17 heavy (non-hydrogen) atoms. The summed E-state index contributed by atoms with van der Waals surface area (Å²) in [5.74, 6) is 0. The maximum atomic E-state index is 6.16. The van der Waals surface area contributed by atoms with Crippen molar-refractivity contribution in [2.24, 2.45) is 5.73 Å². The first-order valence-electron chi connectivity index (χ1n) is 5.69. The van der Waals surface area contributed by atoms with Crippen LogP contribution in [-0.2, 0) is 12.8 Å². The van der Waals surface area contributed by atoms with Crippen LogP contribution >= 0.6 is 22.9 Å². The van der Waals surface area contributed by atoms with Crippen LogP contribution in [-0.4, -0.2) is 6.04 Å². The minimum atomic E-state index is 0.159. The molecule has 1 heterocycles. The highest BCUT2D eigenvalue weighted by atomic mass is 35.5. The van der Waals surface area contributed by atoms with Crippen molar-refractivity contribution in [1.82, 2.24) is 0 Å². The van der Waals surface area contributed by atoms with E-state index in [1.807, 2.05) is 6.07 Å². The van der Waals surface area contributed by atoms with Crippen LogP contribution < -0.4 is 5.73 Å². The summed E-state index contributed by atoms with van der Waals surface area (Å²) >= 11 is 7.52. The number of hydrogen-bond donors (Lipinski definition) is 1. The van der Waals surface area contributed by atoms with E-state index < -0.39 is 0 Å². The Balaban J connectivity index is 1.95. The zero-order valence-corrected chi connectivity index (χ0v) is 11.4. The van der Waals surface area contributed by atoms with Gasteiger partial charge in [-0.1, -0.05) is 41.4 Å². The molecule has 2 N–H and O–H groups in total. The maximum Gasteiger partial charge on any atom is 0.0931 e. The molecule has 2 aromatic rings. The molecule has 0 bridgehead atoms. The van der Waals surface area contributed by atoms with E-state index in [2.05, 4.69) is 37.3 Å². The van der Waals surface area contributed by atoms with Gasteiger partial charge in [0, 0.05) is 10.9 Å². The molecule has 0 amide bonds. The van der Waals surface area contributed by atoms with Crippen LogP contribution in [0, 0.1) is 6.92 Å². The van der Waals surface area contributed by atoms with E-state index in [0.717, 1.165) is 17.2 Å². The van der Waals surface area contributed by atoms with Crippen LogP contribution in [0.1, 0.15) is 16.0 Å². The van der Waals surface area contributed by atoms with Gasteiger partial charge in [0.1, 0.15) is 0 Å². The van der Waals surface area contributed by atoms with Crippen molar-refractivity contribution < 1.29 is 0 Å². The fourth-order valence-electron chi connectivity index (χ4n) is 1.93. The fraction of sp³-hybridized carbons (Fsp3) is 0.286. The highest BCUT2D eigenvalue weighted by molar-refractivity contribution is 7.16. The SMILES string of the molecule is Cc1cccc(CC(N)Cc2ccc(Cl)s2)c1. The van der Waals surface area contributed by atoms with Crippen LogP contribution in [0.2, 0.25) is 4.34 Å². The summed E-state index contributed by atoms with van der Waals surface area (Å²) < 4.78 is 0.836. The van der Waals surface area contributed by atoms with Crippen molar-refractivity contribution >= 4 is 22.9 Å². The lowest BCUT2D eigenvalue weighted by molar-refractivity contribution is 0.670. The normalized spacial score (nSPS) is 12.6. The molecule has 0 fully saturated rings. The van der Waals surface area contributed by atoms with Crippen LogP contribution in [0.4, 0.5) is 0 Å². The Morgan fingerprint density at radius 3 is 2.71 bits per heavy atom. The average molecular weight is 266 g/mol. The number of nitrogens with two attached hydrogens (primary N) is 1. The van der Waals surface area contributed by atoms with Crippen LogP contribution in [0.3, 0.4) is 0 Å². The lowest BCUT2D eigenvalue weighted by atomic mass is 10.0. The number of aryl methyl sites for hydroxylation is 1. The van der Waals surface area contributed by atoms with Crippen molar-refractivity contribution in [3.05, 3.63) is 56.7 Å². The quantitative estimate of drug-likeness (QED) is 0.894. The topological polar surface area (TPSA) is 26.0 Å². The Labute approximate surface area is 111 Å². The number of hydrogen-bond acceptors (Lipinski definition) is 2. The van der Waals surface area contributed by atoms with Gasteiger partial charge in [-0.3, -0.25) is 0 Å². The summed E-state index contributed by atoms with van der Waals surface area (Å²) in [6.45, 7) is 2.11. The lowest BCUT2D eigenvalue weighted by Crippen LogP contribution is -2.25. The Morgan fingerprint density at radius 1 is 1.24 bits per heavy atom. The molecular weight excluding hydrogens is 250 g/mol. The molecule has 0 aliphatic carbocycles. The van der Waals surface area contributed by atoms with Gasteiger partial charge >= 0.3 is 0 Å². The highest BCUT2D eigenvalue weighted by Crippen LogP contribution is 2.22. The van der Waals surface area contributed by atoms with Gasteiger partial charge in [0.15, 0.2) is 0 Å². The number of rotatable bonds is 4. The van der Waals surface area contributed by atoms with E-state index in [1.165, 1.54) is 16.0 Å². The fourth-order valence-corrected chi connectivity index (χ4v) is 3.11. The Bertz CT molecular complexity index is 492. The van der Waals surface area contributed by atoms with Crippen LogP contribution in [0.15, 0.2) is 36.4 Å². The van der Waals surface area contributed by atoms with Gasteiger partial charge in [-0.05, 0) is 37.5 Å². The summed E-state index contributed by atoms with van der Waals surface area (Å²) in [5, 5.41) is 0. The van der Waals surface area contributed by atoms with Gasteiger partial charge in [0.2, 0.25) is 0 Å². The lowest BCUT2D eigenvalue weighted by Gasteiger charge is -2.10. The second-order valence-electron chi connectivity index (χ2n) is 4.36. The van der Waals surface area contributed by atoms with E-state index >= 15 is 0 Å². The van der Waals surface area contributed by atoms with Crippen molar-refractivity contribution in [3.8, 4) is 0 Å². The van der Waals surface area contributed by atoms with Gasteiger partial charge in [0.25, 0.3) is 0 Å². The zero-order chi connectivity index (χ0) is 12.3. The highest BCUT2D eigenvalue weighted by Gasteiger charge is 2.07. The van der Waals surface area contributed by atoms with E-state index in [-0.39, 0.29) is 6.04 Å². The first kappa shape index (κ1) is 12.6. The minimum absolute atomic E-state index is 0.159. The molecule has 90 valence electrons. The molecule has 1 aromatic carbocycles. The van der Waals surface area contributed by atoms with Crippen molar-refractivity contribution in [3.63, 3.8) is 0 Å². The van der Waals surface area contributed by atoms with Crippen molar-refractivity contribution in [1.29, 1.82) is 0 Å². The van der Waals surface area contributed by atoms with E-state index in [9.17, 15) is 0 Å². The Hall–Kier alpha value is -0.830. The maximum absolute atomic E-state index is 6.16. The first-order chi connectivity index (χ1) is 8.13. The molecule has 0 aliphatic rings. The average Bonchev–Trinajstić information content (AvgIpc) is 2.63. The van der Waals surface area contributed by atoms with E-state index in [1.54, 1.807) is 11.3 Å². The first-order valence-corrected chi connectivity index (χ1v) is 6.88. The molecule has 3 heteroatoms. The molecule has 2 rings (SSSR count). The molecule has 1 aromatic heterocycles. The standard InChI is InChI=1S/C14H16ClNS/c1-10-3-2-4-11(7-10)8-12(16)9-13-5-6-14(15)17-13/h2-7,12H,8-9,16H2,1H3. The molecule has 0 aliphatic heterocycles. The third-order valence-electron chi connectivity index (χ3n) is 2.67. The molecule has 0 saturated carbocycles. The van der Waals surface area contributed by atoms with E-state index in [0.29, 0.717) is 0 Å². The summed E-state index contributed by atoms with van der Waals surface area (Å²) in [6, 6.07) is 12.7. The third kappa shape index (κ3) is 3.84. The molecule has 1 unspecified atom stereocenters. The summed E-state index contributed by atoms with van der Waals surface area (Å²) in [7, 11) is 0. The van der Waals surface area contributed by atoms with Crippen molar-refractivity contribution in [2.45, 2.75) is 25.8 Å². The summed E-state index contributed by atoms with van der Waals surface area (Å²) in [4.78, 5) is 1.26. The zero-order valence-electron chi connectivity index (χ0n) is 9.82. The largest absolute Gasteiger partial charge is 0.327 e. The molecule has 1 atom stereocenters. The second kappa shape index (κ2) is 5.67. The monoisotopic (exact) mass is 265 g/mol. The molecule has 0 saturated heterocycles. The number of thiophene rings is 1. The van der Waals surface area contributed by atoms with Gasteiger partial charge < -0.3 is 5.73 Å². The predicted octanol–water partition coefficient (Wildman–Crippen LogP) is 3.82. The molecular formula is C14H16ClNS. The van der Waals surface area contributed by atoms with Crippen LogP contribution in [0.5, 0.6) is 0 Å². The number of benzene rings is 1. The summed E-state index contributed by atoms with van der Waals surface area (Å²) in [6.07, 6.45) is 1.81. The number of halogens is 1. The summed E-state index contributed by atoms with van der Waals surface area (Å²) in [5.41, 5.74) is 8.75. The molecule has 0 radical (unpaired) electrons. The predicted molar refractivity (Wildman–Crippen MR) is 75.9 cm³/mol. The van der Waals surface area contributed by atoms with Crippen molar-refractivity contribution in [2.75, 3.05) is 0 Å². The van der Waals surface area contributed by atoms with E-state index in [4.69, 9.17) is 17.3 Å². The Morgan fingerprint density at radius 2 is 2.06 bits per heavy atom. The minimum Gasteiger partial charge on any atom is -0.327 e. The molecule has 1 nitrogen and oxygen atoms in total. The molecule has 0 spiro atoms. The smallest absolute Gasteiger partial charge is 0.0931 e. The van der Waals surface area contributed by atoms with Gasteiger partial charge in [0.05, 0.1) is 4.34 Å². The van der Waals surface area contributed by atoms with Crippen LogP contribution in [0.25, 0.3) is 0 Å². The second-order valence-corrected chi connectivity index (χ2v) is 6.16. The van der Waals surface area contributed by atoms with Gasteiger partial charge in [-0.2, -0.15) is 0 Å². The third-order valence-corrected chi connectivity index (χ3v) is 3.93. The van der Waals surface area contributed by atoms with Gasteiger partial charge in [-0.25, -0.2) is 0 Å².